The zero-order chi connectivity index (χ0) is 18.5. The maximum Gasteiger partial charge on any atom is 0.275 e. The number of nitrogens with zero attached hydrogens (tertiary/aromatic N) is 1. The number of para-hydroxylation sites is 2. The highest BCUT2D eigenvalue weighted by atomic mass is 35.5. The summed E-state index contributed by atoms with van der Waals surface area (Å²) >= 11 is 5.91. The number of phenols is 1. The first-order chi connectivity index (χ1) is 12.5. The minimum atomic E-state index is -0.0401. The lowest BCUT2D eigenvalue weighted by Gasteiger charge is -2.33. The molecule has 0 aromatic heterocycles. The largest absolute Gasteiger partial charge is 0.506 e. The molecule has 1 fully saturated rings. The van der Waals surface area contributed by atoms with Crippen molar-refractivity contribution in [3.63, 3.8) is 0 Å². The number of carbonyl (C=O) groups excluding carboxylic acids is 1. The molecule has 3 rings (SSSR count). The Morgan fingerprint density at radius 2 is 1.85 bits per heavy atom. The van der Waals surface area contributed by atoms with E-state index in [4.69, 9.17) is 11.6 Å². The molecule has 3 N–H and O–H groups in total. The summed E-state index contributed by atoms with van der Waals surface area (Å²) in [5, 5.41) is 13.7. The molecular weight excluding hydrogens is 350 g/mol. The van der Waals surface area contributed by atoms with E-state index in [1.165, 1.54) is 4.90 Å². The highest BCUT2D eigenvalue weighted by Crippen LogP contribution is 2.25. The lowest BCUT2D eigenvalue weighted by atomic mass is 10.1. The van der Waals surface area contributed by atoms with Gasteiger partial charge in [0.25, 0.3) is 5.91 Å². The van der Waals surface area contributed by atoms with Crippen LogP contribution in [-0.2, 0) is 4.79 Å². The number of quaternary nitrogens is 1. The Morgan fingerprint density at radius 3 is 2.50 bits per heavy atom. The Morgan fingerprint density at radius 1 is 1.19 bits per heavy atom. The van der Waals surface area contributed by atoms with Crippen LogP contribution in [0.2, 0.25) is 5.02 Å². The molecule has 2 aromatic carbocycles. The molecule has 1 aliphatic heterocycles. The number of piperazine rings is 1. The molecule has 26 heavy (non-hydrogen) atoms. The van der Waals surface area contributed by atoms with Crippen molar-refractivity contribution in [1.82, 2.24) is 5.32 Å². The number of anilines is 1. The number of carbonyl (C=O) groups is 1. The fraction of sp³-hybridized carbons (Fsp3) is 0.350. The molecule has 5 nitrogen and oxygen atoms in total. The molecule has 1 amide bonds. The molecule has 0 aliphatic carbocycles. The van der Waals surface area contributed by atoms with Crippen molar-refractivity contribution in [2.24, 2.45) is 0 Å². The van der Waals surface area contributed by atoms with E-state index in [1.807, 2.05) is 49.4 Å². The van der Waals surface area contributed by atoms with Gasteiger partial charge in [0, 0.05) is 5.02 Å². The van der Waals surface area contributed by atoms with E-state index in [2.05, 4.69) is 10.2 Å². The molecule has 1 heterocycles. The fourth-order valence-electron chi connectivity index (χ4n) is 3.33. The second kappa shape index (κ2) is 8.43. The summed E-state index contributed by atoms with van der Waals surface area (Å²) in [6.07, 6.45) is 0. The van der Waals surface area contributed by atoms with Gasteiger partial charge >= 0.3 is 0 Å². The van der Waals surface area contributed by atoms with E-state index in [-0.39, 0.29) is 11.9 Å². The molecule has 6 heteroatoms. The normalized spacial score (nSPS) is 16.3. The molecule has 1 aliphatic rings. The molecule has 2 aromatic rings. The predicted octanol–water partition coefficient (Wildman–Crippen LogP) is 1.63. The molecule has 0 radical (unpaired) electrons. The SMILES string of the molecule is C[C@H](NC(=O)C[NH+]1CCN(c2ccccc2O)CC1)c1ccc(Cl)cc1. The number of aromatic hydroxyl groups is 1. The summed E-state index contributed by atoms with van der Waals surface area (Å²) in [7, 11) is 0. The van der Waals surface area contributed by atoms with Crippen LogP contribution in [0.1, 0.15) is 18.5 Å². The average molecular weight is 375 g/mol. The summed E-state index contributed by atoms with van der Waals surface area (Å²) in [6.45, 7) is 5.84. The lowest BCUT2D eigenvalue weighted by molar-refractivity contribution is -0.892. The van der Waals surface area contributed by atoms with Crippen LogP contribution in [0.5, 0.6) is 5.75 Å². The van der Waals surface area contributed by atoms with E-state index >= 15 is 0 Å². The van der Waals surface area contributed by atoms with Gasteiger partial charge in [-0.15, -0.1) is 0 Å². The minimum Gasteiger partial charge on any atom is -0.506 e. The van der Waals surface area contributed by atoms with Crippen molar-refractivity contribution in [1.29, 1.82) is 0 Å². The van der Waals surface area contributed by atoms with Crippen molar-refractivity contribution in [2.75, 3.05) is 37.6 Å². The van der Waals surface area contributed by atoms with Crippen molar-refractivity contribution >= 4 is 23.2 Å². The van der Waals surface area contributed by atoms with Crippen LogP contribution in [0.15, 0.2) is 48.5 Å². The Labute approximate surface area is 159 Å². The smallest absolute Gasteiger partial charge is 0.275 e. The molecular formula is C20H25ClN3O2+. The van der Waals surface area contributed by atoms with E-state index in [0.29, 0.717) is 17.3 Å². The van der Waals surface area contributed by atoms with Gasteiger partial charge in [0.15, 0.2) is 6.54 Å². The van der Waals surface area contributed by atoms with Crippen molar-refractivity contribution in [3.8, 4) is 5.75 Å². The molecule has 1 atom stereocenters. The number of amides is 1. The van der Waals surface area contributed by atoms with Gasteiger partial charge in [-0.2, -0.15) is 0 Å². The zero-order valence-corrected chi connectivity index (χ0v) is 15.7. The van der Waals surface area contributed by atoms with Crippen LogP contribution >= 0.6 is 11.6 Å². The highest BCUT2D eigenvalue weighted by molar-refractivity contribution is 6.30. The van der Waals surface area contributed by atoms with Gasteiger partial charge in [-0.3, -0.25) is 4.79 Å². The van der Waals surface area contributed by atoms with Crippen LogP contribution in [0, 0.1) is 0 Å². The quantitative estimate of drug-likeness (QED) is 0.745. The van der Waals surface area contributed by atoms with E-state index in [1.54, 1.807) is 6.07 Å². The minimum absolute atomic E-state index is 0.0401. The number of rotatable bonds is 5. The summed E-state index contributed by atoms with van der Waals surface area (Å²) in [5.41, 5.74) is 1.91. The van der Waals surface area contributed by atoms with Gasteiger partial charge in [0.05, 0.1) is 37.9 Å². The van der Waals surface area contributed by atoms with Crippen molar-refractivity contribution in [2.45, 2.75) is 13.0 Å². The van der Waals surface area contributed by atoms with Gasteiger partial charge in [-0.1, -0.05) is 35.9 Å². The van der Waals surface area contributed by atoms with Crippen LogP contribution in [0.25, 0.3) is 0 Å². The second-order valence-electron chi connectivity index (χ2n) is 6.74. The maximum atomic E-state index is 12.4. The first-order valence-electron chi connectivity index (χ1n) is 8.94. The third kappa shape index (κ3) is 4.68. The van der Waals surface area contributed by atoms with Gasteiger partial charge in [-0.05, 0) is 36.8 Å². The molecule has 0 saturated carbocycles. The first-order valence-corrected chi connectivity index (χ1v) is 9.32. The van der Waals surface area contributed by atoms with E-state index in [0.717, 1.165) is 37.4 Å². The monoisotopic (exact) mass is 374 g/mol. The fourth-order valence-corrected chi connectivity index (χ4v) is 3.45. The van der Waals surface area contributed by atoms with Crippen LogP contribution in [0.4, 0.5) is 5.69 Å². The van der Waals surface area contributed by atoms with Crippen molar-refractivity contribution < 1.29 is 14.8 Å². The van der Waals surface area contributed by atoms with Gasteiger partial charge in [0.1, 0.15) is 5.75 Å². The molecule has 0 unspecified atom stereocenters. The Hall–Kier alpha value is -2.24. The van der Waals surface area contributed by atoms with Gasteiger partial charge < -0.3 is 20.2 Å². The average Bonchev–Trinajstić information content (AvgIpc) is 2.63. The third-order valence-corrected chi connectivity index (χ3v) is 5.10. The van der Waals surface area contributed by atoms with Crippen LogP contribution in [0.3, 0.4) is 0 Å². The van der Waals surface area contributed by atoms with Crippen LogP contribution < -0.4 is 15.1 Å². The number of nitrogens with one attached hydrogen (secondary N) is 2. The number of hydrogen-bond acceptors (Lipinski definition) is 3. The van der Waals surface area contributed by atoms with E-state index < -0.39 is 0 Å². The highest BCUT2D eigenvalue weighted by Gasteiger charge is 2.24. The number of hydrogen-bond donors (Lipinski definition) is 3. The second-order valence-corrected chi connectivity index (χ2v) is 7.18. The summed E-state index contributed by atoms with van der Waals surface area (Å²) < 4.78 is 0. The summed E-state index contributed by atoms with van der Waals surface area (Å²) in [6, 6.07) is 14.9. The topological polar surface area (TPSA) is 57.0 Å². The zero-order valence-electron chi connectivity index (χ0n) is 14.9. The Bertz CT molecular complexity index is 743. The van der Waals surface area contributed by atoms with Gasteiger partial charge in [-0.25, -0.2) is 0 Å². The number of benzene rings is 2. The maximum absolute atomic E-state index is 12.4. The third-order valence-electron chi connectivity index (χ3n) is 4.85. The molecule has 1 saturated heterocycles. The standard InChI is InChI=1S/C20H24ClN3O2/c1-15(16-6-8-17(21)9-7-16)22-20(26)14-23-10-12-24(13-11-23)18-4-2-3-5-19(18)25/h2-9,15,25H,10-14H2,1H3,(H,22,26)/p+1/t15-/m0/s1. The predicted molar refractivity (Wildman–Crippen MR) is 104 cm³/mol. The number of halogens is 1. The van der Waals surface area contributed by atoms with Crippen LogP contribution in [-0.4, -0.2) is 43.7 Å². The Balaban J connectivity index is 1.47. The van der Waals surface area contributed by atoms with E-state index in [9.17, 15) is 9.90 Å². The van der Waals surface area contributed by atoms with Crippen molar-refractivity contribution in [3.05, 3.63) is 59.1 Å². The Kier molecular flexibility index (Phi) is 6.01. The summed E-state index contributed by atoms with van der Waals surface area (Å²) in [4.78, 5) is 15.8. The molecule has 0 bridgehead atoms. The first kappa shape index (κ1) is 18.5. The number of phenolic OH excluding ortho intramolecular Hbond substituents is 1. The summed E-state index contributed by atoms with van der Waals surface area (Å²) in [5.74, 6) is 0.365. The molecule has 0 spiro atoms. The van der Waals surface area contributed by atoms with Gasteiger partial charge in [0.2, 0.25) is 0 Å². The molecule has 138 valence electrons. The lowest BCUT2D eigenvalue weighted by Crippen LogP contribution is -3.15.